The number of nitriles is 1. The third kappa shape index (κ3) is 8.27. The van der Waals surface area contributed by atoms with Gasteiger partial charge in [-0.15, -0.1) is 0 Å². The van der Waals surface area contributed by atoms with Crippen LogP contribution >= 0.6 is 0 Å². The van der Waals surface area contributed by atoms with Gasteiger partial charge in [0.15, 0.2) is 0 Å². The summed E-state index contributed by atoms with van der Waals surface area (Å²) in [6.45, 7) is 5.28. The summed E-state index contributed by atoms with van der Waals surface area (Å²) < 4.78 is 11.8. The molecule has 0 aliphatic carbocycles. The number of primary amides is 1. The van der Waals surface area contributed by atoms with E-state index in [0.717, 1.165) is 25.2 Å². The number of nitrogens with two attached hydrogens (primary N) is 1. The third-order valence-electron chi connectivity index (χ3n) is 6.49. The van der Waals surface area contributed by atoms with Gasteiger partial charge in [0.25, 0.3) is 0 Å². The van der Waals surface area contributed by atoms with Crippen LogP contribution in [0.3, 0.4) is 0 Å². The molecule has 3 unspecified atom stereocenters. The summed E-state index contributed by atoms with van der Waals surface area (Å²) in [6, 6.07) is 18.0. The van der Waals surface area contributed by atoms with Gasteiger partial charge < -0.3 is 25.8 Å². The van der Waals surface area contributed by atoms with E-state index in [1.54, 1.807) is 24.3 Å². The fourth-order valence-corrected chi connectivity index (χ4v) is 4.67. The maximum Gasteiger partial charge on any atom is 0.238 e. The van der Waals surface area contributed by atoms with Crippen LogP contribution in [0.5, 0.6) is 5.75 Å². The minimum Gasteiger partial charge on any atom is -0.491 e. The molecule has 0 aromatic heterocycles. The van der Waals surface area contributed by atoms with E-state index in [9.17, 15) is 9.59 Å². The zero-order valence-corrected chi connectivity index (χ0v) is 20.8. The predicted octanol–water partition coefficient (Wildman–Crippen LogP) is 0.0820. The van der Waals surface area contributed by atoms with E-state index in [4.69, 9.17) is 20.5 Å². The van der Waals surface area contributed by atoms with Crippen molar-refractivity contribution in [1.29, 1.82) is 5.26 Å². The highest BCUT2D eigenvalue weighted by molar-refractivity contribution is 5.80. The quantitative estimate of drug-likeness (QED) is 0.369. The van der Waals surface area contributed by atoms with Crippen molar-refractivity contribution in [1.82, 2.24) is 20.4 Å². The highest BCUT2D eigenvalue weighted by Crippen LogP contribution is 2.19. The van der Waals surface area contributed by atoms with Gasteiger partial charge in [0.05, 0.1) is 30.4 Å². The first-order valence-electron chi connectivity index (χ1n) is 12.5. The van der Waals surface area contributed by atoms with Crippen molar-refractivity contribution in [2.45, 2.75) is 24.8 Å². The number of rotatable bonds is 12. The topological polar surface area (TPSA) is 133 Å². The van der Waals surface area contributed by atoms with Crippen LogP contribution in [-0.4, -0.2) is 92.3 Å². The van der Waals surface area contributed by atoms with Gasteiger partial charge in [-0.1, -0.05) is 30.3 Å². The van der Waals surface area contributed by atoms with Crippen LogP contribution in [0, 0.1) is 11.3 Å². The summed E-state index contributed by atoms with van der Waals surface area (Å²) >= 11 is 0. The lowest BCUT2D eigenvalue weighted by Crippen LogP contribution is -2.61. The second-order valence-corrected chi connectivity index (χ2v) is 9.45. The van der Waals surface area contributed by atoms with Crippen LogP contribution in [0.25, 0.3) is 0 Å². The number of benzene rings is 2. The fourth-order valence-electron chi connectivity index (χ4n) is 4.67. The third-order valence-corrected chi connectivity index (χ3v) is 6.49. The molecular formula is C27H34N6O4. The molecule has 2 aromatic carbocycles. The van der Waals surface area contributed by atoms with E-state index < -0.39 is 11.9 Å². The largest absolute Gasteiger partial charge is 0.491 e. The van der Waals surface area contributed by atoms with Gasteiger partial charge in [-0.3, -0.25) is 19.4 Å². The van der Waals surface area contributed by atoms with Crippen molar-refractivity contribution in [2.75, 3.05) is 52.4 Å². The molecule has 2 heterocycles. The molecule has 3 atom stereocenters. The van der Waals surface area contributed by atoms with Gasteiger partial charge in [-0.2, -0.15) is 5.26 Å². The lowest BCUT2D eigenvalue weighted by Gasteiger charge is -2.45. The summed E-state index contributed by atoms with van der Waals surface area (Å²) in [7, 11) is 0. The maximum absolute atomic E-state index is 12.4. The smallest absolute Gasteiger partial charge is 0.238 e. The van der Waals surface area contributed by atoms with Crippen LogP contribution in [0.2, 0.25) is 0 Å². The number of nitrogens with one attached hydrogen (secondary N) is 2. The second kappa shape index (κ2) is 13.2. The molecule has 2 aliphatic heterocycles. The van der Waals surface area contributed by atoms with Crippen LogP contribution in [0.15, 0.2) is 54.6 Å². The molecule has 2 aliphatic rings. The zero-order valence-electron chi connectivity index (χ0n) is 20.8. The summed E-state index contributed by atoms with van der Waals surface area (Å²) in [5, 5.41) is 15.1. The van der Waals surface area contributed by atoms with E-state index in [1.165, 1.54) is 0 Å². The molecule has 2 amide bonds. The first kappa shape index (κ1) is 26.6. The number of amides is 2. The molecule has 4 N–H and O–H groups in total. The van der Waals surface area contributed by atoms with Crippen molar-refractivity contribution in [3.63, 3.8) is 0 Å². The summed E-state index contributed by atoms with van der Waals surface area (Å²) in [5.41, 5.74) is 7.18. The lowest BCUT2D eigenvalue weighted by molar-refractivity contribution is -0.145. The SMILES string of the molecule is N#Cc1ccc(OCC(NCCN2CC3CN(CC(=O)NCc4ccccc4)CC(C2)O3)C(N)=O)cc1. The Balaban J connectivity index is 1.15. The van der Waals surface area contributed by atoms with Crippen molar-refractivity contribution in [2.24, 2.45) is 5.73 Å². The zero-order chi connectivity index (χ0) is 26.0. The van der Waals surface area contributed by atoms with Crippen LogP contribution < -0.4 is 21.1 Å². The fraction of sp³-hybridized carbons (Fsp3) is 0.444. The summed E-state index contributed by atoms with van der Waals surface area (Å²) in [4.78, 5) is 28.8. The van der Waals surface area contributed by atoms with Gasteiger partial charge in [-0.25, -0.2) is 0 Å². The number of ether oxygens (including phenoxy) is 2. The minimum atomic E-state index is -0.624. The molecule has 0 spiro atoms. The van der Waals surface area contributed by atoms with Crippen molar-refractivity contribution >= 4 is 11.8 Å². The van der Waals surface area contributed by atoms with E-state index in [1.807, 2.05) is 30.3 Å². The Labute approximate surface area is 217 Å². The Morgan fingerprint density at radius 2 is 1.73 bits per heavy atom. The summed E-state index contributed by atoms with van der Waals surface area (Å²) in [6.07, 6.45) is 0.0853. The number of nitrogens with zero attached hydrogens (tertiary/aromatic N) is 3. The average molecular weight is 507 g/mol. The Hall–Kier alpha value is -3.49. The number of carbonyl (C=O) groups excluding carboxylic acids is 2. The molecule has 0 radical (unpaired) electrons. The average Bonchev–Trinajstić information content (AvgIpc) is 2.89. The number of carbonyl (C=O) groups is 2. The van der Waals surface area contributed by atoms with Gasteiger partial charge in [-0.05, 0) is 29.8 Å². The van der Waals surface area contributed by atoms with E-state index in [0.29, 0.717) is 44.0 Å². The normalized spacial score (nSPS) is 20.5. The molecule has 10 nitrogen and oxygen atoms in total. The summed E-state index contributed by atoms with van der Waals surface area (Å²) in [5.74, 6) is 0.116. The first-order chi connectivity index (χ1) is 18.0. The second-order valence-electron chi connectivity index (χ2n) is 9.45. The molecule has 4 rings (SSSR count). The molecule has 2 fully saturated rings. The number of morpholine rings is 2. The van der Waals surface area contributed by atoms with Crippen molar-refractivity contribution < 1.29 is 19.1 Å². The molecule has 196 valence electrons. The molecule has 10 heteroatoms. The van der Waals surface area contributed by atoms with Crippen molar-refractivity contribution in [3.8, 4) is 11.8 Å². The van der Waals surface area contributed by atoms with Gasteiger partial charge in [0.2, 0.25) is 11.8 Å². The van der Waals surface area contributed by atoms with Gasteiger partial charge in [0.1, 0.15) is 18.4 Å². The Morgan fingerprint density at radius 1 is 1.05 bits per heavy atom. The van der Waals surface area contributed by atoms with E-state index in [2.05, 4.69) is 26.5 Å². The van der Waals surface area contributed by atoms with Crippen LogP contribution in [0.1, 0.15) is 11.1 Å². The number of hydrogen-bond donors (Lipinski definition) is 3. The maximum atomic E-state index is 12.4. The van der Waals surface area contributed by atoms with E-state index >= 15 is 0 Å². The number of hydrogen-bond acceptors (Lipinski definition) is 8. The number of fused-ring (bicyclic) bond motifs is 2. The van der Waals surface area contributed by atoms with Crippen LogP contribution in [-0.2, 0) is 20.9 Å². The Bertz CT molecular complexity index is 1060. The predicted molar refractivity (Wildman–Crippen MR) is 137 cm³/mol. The monoisotopic (exact) mass is 506 g/mol. The van der Waals surface area contributed by atoms with Gasteiger partial charge in [0, 0.05) is 45.8 Å². The highest BCUT2D eigenvalue weighted by Gasteiger charge is 2.35. The standard InChI is InChI=1S/C27H34N6O4/c28-12-20-6-8-22(9-7-20)36-19-25(27(29)35)30-10-11-32-14-23-16-33(17-24(15-32)37-23)18-26(34)31-13-21-4-2-1-3-5-21/h1-9,23-25,30H,10-11,13-19H2,(H2,29,35)(H,31,34). The van der Waals surface area contributed by atoms with Crippen molar-refractivity contribution in [3.05, 3.63) is 65.7 Å². The highest BCUT2D eigenvalue weighted by atomic mass is 16.5. The first-order valence-corrected chi connectivity index (χ1v) is 12.5. The Kier molecular flexibility index (Phi) is 9.46. The molecule has 0 saturated carbocycles. The molecule has 37 heavy (non-hydrogen) atoms. The van der Waals surface area contributed by atoms with E-state index in [-0.39, 0.29) is 24.7 Å². The minimum absolute atomic E-state index is 0.0191. The Morgan fingerprint density at radius 3 is 2.38 bits per heavy atom. The van der Waals surface area contributed by atoms with Crippen LogP contribution in [0.4, 0.5) is 0 Å². The van der Waals surface area contributed by atoms with Gasteiger partial charge >= 0.3 is 0 Å². The molecule has 2 aromatic rings. The molecular weight excluding hydrogens is 472 g/mol. The lowest BCUT2D eigenvalue weighted by atomic mass is 10.1. The molecule has 2 bridgehead atoms. The molecule has 2 saturated heterocycles.